The Morgan fingerprint density at radius 1 is 0.846 bits per heavy atom. The topological polar surface area (TPSA) is 118 Å². The third-order valence-corrected chi connectivity index (χ3v) is 7.28. The fourth-order valence-corrected chi connectivity index (χ4v) is 4.50. The Balaban J connectivity index is 0.000000183. The van der Waals surface area contributed by atoms with E-state index in [-0.39, 0.29) is 5.78 Å². The van der Waals surface area contributed by atoms with Crippen molar-refractivity contribution in [3.8, 4) is 11.5 Å². The molecule has 0 radical (unpaired) electrons. The summed E-state index contributed by atoms with van der Waals surface area (Å²) in [6.45, 7) is 3.27. The molecule has 2 aromatic heterocycles. The van der Waals surface area contributed by atoms with E-state index in [1.165, 1.54) is 11.3 Å². The number of aromatic nitrogens is 1. The van der Waals surface area contributed by atoms with Gasteiger partial charge in [0.15, 0.2) is 5.58 Å². The largest absolute Gasteiger partial charge is 0.481 e. The number of oxazole rings is 1. The van der Waals surface area contributed by atoms with Crippen molar-refractivity contribution in [1.29, 1.82) is 0 Å². The molecule has 0 aliphatic carbocycles. The van der Waals surface area contributed by atoms with Crippen LogP contribution in [0.4, 0.5) is 0 Å². The summed E-state index contributed by atoms with van der Waals surface area (Å²) < 4.78 is 5.69. The van der Waals surface area contributed by atoms with Crippen molar-refractivity contribution >= 4 is 51.8 Å². The van der Waals surface area contributed by atoms with Crippen LogP contribution in [-0.2, 0) is 9.59 Å². The van der Waals surface area contributed by atoms with E-state index in [4.69, 9.17) is 26.2 Å². The molecular formula is C30H24ClNO6S. The molecule has 0 aliphatic heterocycles. The average molecular weight is 562 g/mol. The second-order valence-corrected chi connectivity index (χ2v) is 10.2. The van der Waals surface area contributed by atoms with E-state index in [0.717, 1.165) is 5.56 Å². The van der Waals surface area contributed by atoms with E-state index in [1.807, 2.05) is 23.6 Å². The van der Waals surface area contributed by atoms with E-state index in [9.17, 15) is 14.4 Å². The Kier molecular flexibility index (Phi) is 8.59. The molecule has 2 heterocycles. The number of ketones is 1. The van der Waals surface area contributed by atoms with E-state index in [2.05, 4.69) is 4.98 Å². The number of carbonyl (C=O) groups is 3. The number of benzene rings is 3. The van der Waals surface area contributed by atoms with Crippen LogP contribution in [0.15, 0.2) is 88.7 Å². The fourth-order valence-electron chi connectivity index (χ4n) is 3.69. The summed E-state index contributed by atoms with van der Waals surface area (Å²) in [5, 5.41) is 20.5. The predicted molar refractivity (Wildman–Crippen MR) is 151 cm³/mol. The lowest BCUT2D eigenvalue weighted by Crippen LogP contribution is -2.07. The fraction of sp³-hybridized carbons (Fsp3) is 0.133. The summed E-state index contributed by atoms with van der Waals surface area (Å²) in [5.41, 5.74) is 4.07. The quantitative estimate of drug-likeness (QED) is 0.197. The van der Waals surface area contributed by atoms with Gasteiger partial charge in [0.2, 0.25) is 11.7 Å². The molecule has 39 heavy (non-hydrogen) atoms. The molecule has 5 aromatic rings. The Morgan fingerprint density at radius 3 is 2.05 bits per heavy atom. The summed E-state index contributed by atoms with van der Waals surface area (Å²) in [4.78, 5) is 39.0. The molecular weight excluding hydrogens is 538 g/mol. The number of rotatable bonds is 7. The van der Waals surface area contributed by atoms with Gasteiger partial charge in [-0.2, -0.15) is 0 Å². The highest BCUT2D eigenvalue weighted by Gasteiger charge is 2.17. The zero-order valence-electron chi connectivity index (χ0n) is 21.0. The normalized spacial score (nSPS) is 12.3. The van der Waals surface area contributed by atoms with Gasteiger partial charge in [-0.1, -0.05) is 48.0 Å². The van der Waals surface area contributed by atoms with Gasteiger partial charge in [-0.25, -0.2) is 4.98 Å². The van der Waals surface area contributed by atoms with Crippen LogP contribution in [-0.4, -0.2) is 32.9 Å². The van der Waals surface area contributed by atoms with Crippen molar-refractivity contribution in [3.63, 3.8) is 0 Å². The number of carboxylic acid groups (broad SMARTS) is 2. The van der Waals surface area contributed by atoms with Crippen molar-refractivity contribution in [1.82, 2.24) is 4.98 Å². The molecule has 0 bridgehead atoms. The summed E-state index contributed by atoms with van der Waals surface area (Å²) >= 11 is 7.25. The zero-order valence-corrected chi connectivity index (χ0v) is 22.6. The maximum absolute atomic E-state index is 12.0. The first-order valence-electron chi connectivity index (χ1n) is 11.9. The highest BCUT2D eigenvalue weighted by Crippen LogP contribution is 2.28. The lowest BCUT2D eigenvalue weighted by atomic mass is 9.99. The molecule has 3 aromatic carbocycles. The van der Waals surface area contributed by atoms with Gasteiger partial charge in [0, 0.05) is 16.1 Å². The minimum absolute atomic E-state index is 0.0282. The van der Waals surface area contributed by atoms with Gasteiger partial charge in [0.1, 0.15) is 5.52 Å². The van der Waals surface area contributed by atoms with Crippen LogP contribution >= 0.6 is 22.9 Å². The van der Waals surface area contributed by atoms with Gasteiger partial charge in [-0.15, -0.1) is 11.3 Å². The number of hydrogen-bond acceptors (Lipinski definition) is 6. The molecule has 9 heteroatoms. The third-order valence-electron chi connectivity index (χ3n) is 6.16. The van der Waals surface area contributed by atoms with Crippen LogP contribution in [0.2, 0.25) is 5.02 Å². The van der Waals surface area contributed by atoms with Crippen LogP contribution in [0.5, 0.6) is 0 Å². The molecule has 0 amide bonds. The van der Waals surface area contributed by atoms with Gasteiger partial charge in [0.05, 0.1) is 16.7 Å². The summed E-state index contributed by atoms with van der Waals surface area (Å²) in [7, 11) is 0. The number of nitrogens with zero attached hydrogens (tertiary/aromatic N) is 1. The van der Waals surface area contributed by atoms with Crippen molar-refractivity contribution in [2.24, 2.45) is 0 Å². The minimum atomic E-state index is -0.868. The average Bonchev–Trinajstić information content (AvgIpc) is 3.63. The summed E-state index contributed by atoms with van der Waals surface area (Å²) in [5.74, 6) is -2.41. The molecule has 2 N–H and O–H groups in total. The smallest absolute Gasteiger partial charge is 0.310 e. The van der Waals surface area contributed by atoms with Crippen LogP contribution in [0.1, 0.15) is 52.0 Å². The first-order valence-corrected chi connectivity index (χ1v) is 13.2. The Bertz CT molecular complexity index is 1610. The second-order valence-electron chi connectivity index (χ2n) is 8.80. The lowest BCUT2D eigenvalue weighted by Gasteiger charge is -2.06. The molecule has 0 fully saturated rings. The number of aliphatic carboxylic acids is 2. The highest BCUT2D eigenvalue weighted by molar-refractivity contribution is 7.12. The van der Waals surface area contributed by atoms with Crippen molar-refractivity contribution in [2.45, 2.75) is 25.7 Å². The molecule has 7 nitrogen and oxygen atoms in total. The molecule has 2 unspecified atom stereocenters. The zero-order chi connectivity index (χ0) is 28.1. The molecule has 198 valence electrons. The van der Waals surface area contributed by atoms with Crippen molar-refractivity contribution < 1.29 is 29.0 Å². The number of halogens is 1. The lowest BCUT2D eigenvalue weighted by molar-refractivity contribution is -0.139. The van der Waals surface area contributed by atoms with Crippen LogP contribution in [0, 0.1) is 0 Å². The number of hydrogen-bond donors (Lipinski definition) is 2. The number of carbonyl (C=O) groups excluding carboxylic acids is 1. The van der Waals surface area contributed by atoms with Crippen LogP contribution in [0.25, 0.3) is 22.6 Å². The van der Waals surface area contributed by atoms with Crippen LogP contribution in [0.3, 0.4) is 0 Å². The highest BCUT2D eigenvalue weighted by atomic mass is 35.5. The van der Waals surface area contributed by atoms with Crippen LogP contribution < -0.4 is 0 Å². The van der Waals surface area contributed by atoms with Crippen molar-refractivity contribution in [2.75, 3.05) is 0 Å². The van der Waals surface area contributed by atoms with E-state index in [0.29, 0.717) is 43.6 Å². The number of carboxylic acids is 2. The molecule has 5 rings (SSSR count). The van der Waals surface area contributed by atoms with E-state index < -0.39 is 23.8 Å². The maximum Gasteiger partial charge on any atom is 0.310 e. The van der Waals surface area contributed by atoms with Gasteiger partial charge in [0.25, 0.3) is 0 Å². The van der Waals surface area contributed by atoms with Gasteiger partial charge in [-0.3, -0.25) is 14.4 Å². The SMILES string of the molecule is CC(C(=O)O)c1ccc(C(=O)c2cccs2)cc1.CC(C(=O)O)c1ccc2oc(-c3ccc(Cl)cc3)nc2c1. The molecule has 0 saturated heterocycles. The first kappa shape index (κ1) is 27.8. The molecule has 2 atom stereocenters. The Morgan fingerprint density at radius 2 is 1.46 bits per heavy atom. The third kappa shape index (κ3) is 6.60. The molecule has 0 saturated carbocycles. The number of fused-ring (bicyclic) bond motifs is 1. The summed E-state index contributed by atoms with van der Waals surface area (Å²) in [6.07, 6.45) is 0. The monoisotopic (exact) mass is 561 g/mol. The predicted octanol–water partition coefficient (Wildman–Crippen LogP) is 7.50. The summed E-state index contributed by atoms with van der Waals surface area (Å²) in [6, 6.07) is 22.8. The molecule has 0 spiro atoms. The van der Waals surface area contributed by atoms with Crippen molar-refractivity contribution in [3.05, 3.63) is 111 Å². The minimum Gasteiger partial charge on any atom is -0.481 e. The van der Waals surface area contributed by atoms with Gasteiger partial charge >= 0.3 is 11.9 Å². The molecule has 0 aliphatic rings. The van der Waals surface area contributed by atoms with E-state index >= 15 is 0 Å². The Hall–Kier alpha value is -4.27. The van der Waals surface area contributed by atoms with Gasteiger partial charge < -0.3 is 14.6 Å². The van der Waals surface area contributed by atoms with Gasteiger partial charge in [-0.05, 0) is 72.8 Å². The standard InChI is InChI=1S/C16H12ClNO3.C14H12O3S/c1-9(16(19)20)11-4-7-14-13(8-11)18-15(21-14)10-2-5-12(17)6-3-10;1-9(14(16)17)10-4-6-11(7-5-10)13(15)12-3-2-8-18-12/h2-9H,1H3,(H,19,20);2-9H,1H3,(H,16,17). The first-order chi connectivity index (χ1) is 18.6. The Labute approximate surface area is 233 Å². The maximum atomic E-state index is 12.0. The van der Waals surface area contributed by atoms with E-state index in [1.54, 1.807) is 74.5 Å². The number of thiophene rings is 1. The second kappa shape index (κ2) is 12.1.